The van der Waals surface area contributed by atoms with Gasteiger partial charge in [-0.1, -0.05) is 42.5 Å². The van der Waals surface area contributed by atoms with Crippen LogP contribution >= 0.6 is 0 Å². The Bertz CT molecular complexity index is 885. The minimum atomic E-state index is -0.750. The van der Waals surface area contributed by atoms with Crippen LogP contribution in [-0.4, -0.2) is 16.8 Å². The molecule has 0 saturated carbocycles. The molecule has 2 aromatic carbocycles. The summed E-state index contributed by atoms with van der Waals surface area (Å²) in [4.78, 5) is 28.2. The van der Waals surface area contributed by atoms with Crippen LogP contribution < -0.4 is 10.6 Å². The van der Waals surface area contributed by atoms with E-state index in [9.17, 15) is 9.59 Å². The predicted molar refractivity (Wildman–Crippen MR) is 90.2 cm³/mol. The van der Waals surface area contributed by atoms with Crippen LogP contribution in [-0.2, 0) is 9.59 Å². The van der Waals surface area contributed by atoms with E-state index in [1.165, 1.54) is 0 Å². The highest BCUT2D eigenvalue weighted by Gasteiger charge is 2.16. The second kappa shape index (κ2) is 6.27. The quantitative estimate of drug-likeness (QED) is 0.715. The first-order valence-corrected chi connectivity index (χ1v) is 7.17. The van der Waals surface area contributed by atoms with Crippen molar-refractivity contribution in [3.63, 3.8) is 0 Å². The van der Waals surface area contributed by atoms with Gasteiger partial charge in [0.05, 0.1) is 0 Å². The summed E-state index contributed by atoms with van der Waals surface area (Å²) in [5.41, 5.74) is 1.39. The molecule has 0 spiro atoms. The fourth-order valence-electron chi connectivity index (χ4n) is 2.29. The van der Waals surface area contributed by atoms with Crippen LogP contribution in [0.5, 0.6) is 0 Å². The number of nitrogens with zero attached hydrogens (tertiary/aromatic N) is 1. The van der Waals surface area contributed by atoms with E-state index in [2.05, 4.69) is 15.6 Å². The van der Waals surface area contributed by atoms with Gasteiger partial charge in [0.1, 0.15) is 5.82 Å². The van der Waals surface area contributed by atoms with Gasteiger partial charge < -0.3 is 10.6 Å². The third-order valence-electron chi connectivity index (χ3n) is 3.49. The van der Waals surface area contributed by atoms with Crippen molar-refractivity contribution >= 4 is 34.1 Å². The number of nitrogens with one attached hydrogen (secondary N) is 2. The molecule has 5 heteroatoms. The molecule has 2 N–H and O–H groups in total. The number of hydrogen-bond donors (Lipinski definition) is 2. The zero-order valence-corrected chi connectivity index (χ0v) is 12.5. The fraction of sp³-hybridized carbons (Fsp3) is 0.0556. The number of benzene rings is 2. The molecular formula is C18H15N3O2. The van der Waals surface area contributed by atoms with Crippen molar-refractivity contribution in [3.05, 3.63) is 66.4 Å². The molecule has 0 aliphatic heterocycles. The molecule has 3 aromatic rings. The molecule has 3 rings (SSSR count). The number of hydrogen-bond acceptors (Lipinski definition) is 3. The molecule has 1 aromatic heterocycles. The minimum Gasteiger partial charge on any atom is -0.317 e. The number of carbonyl (C=O) groups excluding carboxylic acids is 2. The highest BCUT2D eigenvalue weighted by Crippen LogP contribution is 2.22. The van der Waals surface area contributed by atoms with Gasteiger partial charge in [0.15, 0.2) is 0 Å². The lowest BCUT2D eigenvalue weighted by Crippen LogP contribution is -2.29. The lowest BCUT2D eigenvalue weighted by Gasteiger charge is -2.09. The summed E-state index contributed by atoms with van der Waals surface area (Å²) in [6, 6.07) is 16.8. The maximum absolute atomic E-state index is 12.1. The standard InChI is InChI=1S/C18H15N3O2/c1-12-6-5-11-19-16(12)21-18(23)17(22)20-15-10-4-8-13-7-2-3-9-14(13)15/h2-11H,1H3,(H,20,22)(H,19,21,23). The number of fused-ring (bicyclic) bond motifs is 1. The van der Waals surface area contributed by atoms with Gasteiger partial charge in [0, 0.05) is 17.3 Å². The molecule has 0 aliphatic rings. The number of rotatable bonds is 2. The number of anilines is 2. The fourth-order valence-corrected chi connectivity index (χ4v) is 2.29. The zero-order chi connectivity index (χ0) is 16.2. The maximum Gasteiger partial charge on any atom is 0.315 e. The van der Waals surface area contributed by atoms with E-state index >= 15 is 0 Å². The lowest BCUT2D eigenvalue weighted by molar-refractivity contribution is -0.133. The van der Waals surface area contributed by atoms with Crippen molar-refractivity contribution in [2.24, 2.45) is 0 Å². The second-order valence-electron chi connectivity index (χ2n) is 5.10. The Balaban J connectivity index is 1.78. The Morgan fingerprint density at radius 1 is 0.870 bits per heavy atom. The molecule has 0 radical (unpaired) electrons. The van der Waals surface area contributed by atoms with Crippen LogP contribution in [0.2, 0.25) is 0 Å². The predicted octanol–water partition coefficient (Wildman–Crippen LogP) is 3.12. The van der Waals surface area contributed by atoms with E-state index in [-0.39, 0.29) is 0 Å². The van der Waals surface area contributed by atoms with Gasteiger partial charge in [-0.15, -0.1) is 0 Å². The molecular weight excluding hydrogens is 290 g/mol. The second-order valence-corrected chi connectivity index (χ2v) is 5.10. The zero-order valence-electron chi connectivity index (χ0n) is 12.5. The molecule has 0 aliphatic carbocycles. The van der Waals surface area contributed by atoms with Gasteiger partial charge >= 0.3 is 11.8 Å². The average molecular weight is 305 g/mol. The Morgan fingerprint density at radius 3 is 2.43 bits per heavy atom. The molecule has 23 heavy (non-hydrogen) atoms. The van der Waals surface area contributed by atoms with Gasteiger partial charge in [0.25, 0.3) is 0 Å². The van der Waals surface area contributed by atoms with Crippen molar-refractivity contribution < 1.29 is 9.59 Å². The van der Waals surface area contributed by atoms with Gasteiger partial charge in [-0.2, -0.15) is 0 Å². The van der Waals surface area contributed by atoms with Crippen LogP contribution in [0.15, 0.2) is 60.8 Å². The van der Waals surface area contributed by atoms with E-state index in [1.807, 2.05) is 49.4 Å². The Hall–Kier alpha value is -3.21. The van der Waals surface area contributed by atoms with Crippen molar-refractivity contribution in [3.8, 4) is 0 Å². The summed E-state index contributed by atoms with van der Waals surface area (Å²) in [5.74, 6) is -1.10. The van der Waals surface area contributed by atoms with E-state index < -0.39 is 11.8 Å². The van der Waals surface area contributed by atoms with Gasteiger partial charge in [-0.05, 0) is 30.0 Å². The summed E-state index contributed by atoms with van der Waals surface area (Å²) in [6.45, 7) is 1.81. The molecule has 0 saturated heterocycles. The lowest BCUT2D eigenvalue weighted by atomic mass is 10.1. The average Bonchev–Trinajstić information content (AvgIpc) is 2.57. The van der Waals surface area contributed by atoms with E-state index in [4.69, 9.17) is 0 Å². The summed E-state index contributed by atoms with van der Waals surface area (Å²) >= 11 is 0. The van der Waals surface area contributed by atoms with Crippen molar-refractivity contribution in [2.45, 2.75) is 6.92 Å². The number of amides is 2. The van der Waals surface area contributed by atoms with Crippen LogP contribution in [0.3, 0.4) is 0 Å². The summed E-state index contributed by atoms with van der Waals surface area (Å²) < 4.78 is 0. The van der Waals surface area contributed by atoms with Crippen LogP contribution in [0.1, 0.15) is 5.56 Å². The maximum atomic E-state index is 12.1. The van der Waals surface area contributed by atoms with Crippen LogP contribution in [0, 0.1) is 6.92 Å². The molecule has 0 atom stereocenters. The van der Waals surface area contributed by atoms with E-state index in [0.717, 1.165) is 16.3 Å². The van der Waals surface area contributed by atoms with Crippen molar-refractivity contribution in [1.82, 2.24) is 4.98 Å². The Labute approximate surface area is 133 Å². The van der Waals surface area contributed by atoms with Crippen molar-refractivity contribution in [2.75, 3.05) is 10.6 Å². The highest BCUT2D eigenvalue weighted by atomic mass is 16.2. The molecule has 5 nitrogen and oxygen atoms in total. The first-order valence-electron chi connectivity index (χ1n) is 7.17. The first-order chi connectivity index (χ1) is 11.1. The largest absolute Gasteiger partial charge is 0.317 e. The minimum absolute atomic E-state index is 0.380. The van der Waals surface area contributed by atoms with Crippen LogP contribution in [0.4, 0.5) is 11.5 Å². The number of carbonyl (C=O) groups is 2. The molecule has 0 fully saturated rings. The molecule has 0 bridgehead atoms. The normalized spacial score (nSPS) is 10.3. The number of aromatic nitrogens is 1. The highest BCUT2D eigenvalue weighted by molar-refractivity contribution is 6.44. The molecule has 0 unspecified atom stereocenters. The third kappa shape index (κ3) is 3.18. The van der Waals surface area contributed by atoms with Gasteiger partial charge in [-0.3, -0.25) is 9.59 Å². The first kappa shape index (κ1) is 14.7. The van der Waals surface area contributed by atoms with Gasteiger partial charge in [-0.25, -0.2) is 4.98 Å². The summed E-state index contributed by atoms with van der Waals surface area (Å²) in [5, 5.41) is 7.03. The molecule has 1 heterocycles. The topological polar surface area (TPSA) is 71.1 Å². The number of aryl methyl sites for hydroxylation is 1. The van der Waals surface area contributed by atoms with Crippen molar-refractivity contribution in [1.29, 1.82) is 0 Å². The summed E-state index contributed by atoms with van der Waals surface area (Å²) in [7, 11) is 0. The van der Waals surface area contributed by atoms with E-state index in [1.54, 1.807) is 18.3 Å². The summed E-state index contributed by atoms with van der Waals surface area (Å²) in [6.07, 6.45) is 1.56. The Kier molecular flexibility index (Phi) is 4.01. The molecule has 114 valence electrons. The Morgan fingerprint density at radius 2 is 1.61 bits per heavy atom. The number of pyridine rings is 1. The van der Waals surface area contributed by atoms with E-state index in [0.29, 0.717) is 11.5 Å². The molecule has 2 amide bonds. The SMILES string of the molecule is Cc1cccnc1NC(=O)C(=O)Nc1cccc2ccccc12. The monoisotopic (exact) mass is 305 g/mol. The third-order valence-corrected chi connectivity index (χ3v) is 3.49. The van der Waals surface area contributed by atoms with Crippen LogP contribution in [0.25, 0.3) is 10.8 Å². The smallest absolute Gasteiger partial charge is 0.315 e. The van der Waals surface area contributed by atoms with Gasteiger partial charge in [0.2, 0.25) is 0 Å².